The fraction of sp³-hybridized carbons (Fsp3) is 0.250. The molecule has 0 aliphatic heterocycles. The predicted molar refractivity (Wildman–Crippen MR) is 65.9 cm³/mol. The molecule has 0 saturated heterocycles. The molecular weight excluding hydrogens is 222 g/mol. The van der Waals surface area contributed by atoms with E-state index in [4.69, 9.17) is 20.7 Å². The normalized spacial score (nSPS) is 9.00. The number of rotatable bonds is 5. The first-order valence-corrected chi connectivity index (χ1v) is 5.00. The van der Waals surface area contributed by atoms with Crippen LogP contribution in [0.25, 0.3) is 0 Å². The van der Waals surface area contributed by atoms with Crippen molar-refractivity contribution < 1.29 is 19.7 Å². The van der Waals surface area contributed by atoms with Gasteiger partial charge < -0.3 is 20.7 Å². The number of aliphatic hydroxyl groups is 1. The van der Waals surface area contributed by atoms with Crippen LogP contribution in [0.4, 0.5) is 5.69 Å². The first-order valence-electron chi connectivity index (χ1n) is 5.00. The van der Waals surface area contributed by atoms with E-state index in [9.17, 15) is 4.79 Å². The smallest absolute Gasteiger partial charge is 0.337 e. The SMILES string of the molecule is C=CCOCCO.Nc1ccccc1C(=O)O. The van der Waals surface area contributed by atoms with E-state index >= 15 is 0 Å². The molecule has 0 heterocycles. The molecular formula is C12H17NO4. The Morgan fingerprint density at radius 3 is 2.53 bits per heavy atom. The van der Waals surface area contributed by atoms with Crippen molar-refractivity contribution in [2.75, 3.05) is 25.6 Å². The maximum atomic E-state index is 10.3. The van der Waals surface area contributed by atoms with Crippen molar-refractivity contribution in [3.8, 4) is 0 Å². The van der Waals surface area contributed by atoms with Gasteiger partial charge in [-0.1, -0.05) is 18.2 Å². The molecule has 1 aromatic rings. The number of nitrogen functional groups attached to an aromatic ring is 1. The molecule has 0 saturated carbocycles. The average Bonchev–Trinajstić information content (AvgIpc) is 2.31. The molecule has 0 bridgehead atoms. The Balaban J connectivity index is 0.000000325. The number of nitrogens with two attached hydrogens (primary N) is 1. The maximum Gasteiger partial charge on any atom is 0.337 e. The Morgan fingerprint density at radius 2 is 2.12 bits per heavy atom. The number of ether oxygens (including phenoxy) is 1. The Bertz CT molecular complexity index is 352. The van der Waals surface area contributed by atoms with E-state index in [-0.39, 0.29) is 12.2 Å². The van der Waals surface area contributed by atoms with E-state index in [1.54, 1.807) is 24.3 Å². The van der Waals surface area contributed by atoms with Gasteiger partial charge in [-0.25, -0.2) is 4.79 Å². The van der Waals surface area contributed by atoms with Crippen LogP contribution in [0.3, 0.4) is 0 Å². The first kappa shape index (κ1) is 15.2. The van der Waals surface area contributed by atoms with E-state index in [0.717, 1.165) is 0 Å². The number of carbonyl (C=O) groups is 1. The minimum Gasteiger partial charge on any atom is -0.478 e. The summed E-state index contributed by atoms with van der Waals surface area (Å²) in [4.78, 5) is 10.3. The highest BCUT2D eigenvalue weighted by molar-refractivity contribution is 5.93. The molecule has 0 amide bonds. The molecule has 0 aliphatic rings. The predicted octanol–water partition coefficient (Wildman–Crippen LogP) is 1.15. The Labute approximate surface area is 100 Å². The van der Waals surface area contributed by atoms with Gasteiger partial charge in [-0.2, -0.15) is 0 Å². The maximum absolute atomic E-state index is 10.3. The number of hydrogen-bond donors (Lipinski definition) is 3. The molecule has 0 atom stereocenters. The largest absolute Gasteiger partial charge is 0.478 e. The number of hydrogen-bond acceptors (Lipinski definition) is 4. The second-order valence-electron chi connectivity index (χ2n) is 2.98. The third kappa shape index (κ3) is 7.10. The summed E-state index contributed by atoms with van der Waals surface area (Å²) in [5.74, 6) is -0.988. The van der Waals surface area contributed by atoms with E-state index in [1.807, 2.05) is 0 Å². The molecule has 1 aromatic carbocycles. The third-order valence-corrected chi connectivity index (χ3v) is 1.66. The van der Waals surface area contributed by atoms with Crippen LogP contribution < -0.4 is 5.73 Å². The summed E-state index contributed by atoms with van der Waals surface area (Å²) >= 11 is 0. The Hall–Kier alpha value is -1.85. The van der Waals surface area contributed by atoms with Gasteiger partial charge >= 0.3 is 5.97 Å². The number of aromatic carboxylic acids is 1. The van der Waals surface area contributed by atoms with Crippen LogP contribution in [-0.2, 0) is 4.74 Å². The van der Waals surface area contributed by atoms with Crippen LogP contribution in [0.1, 0.15) is 10.4 Å². The van der Waals surface area contributed by atoms with E-state index in [1.165, 1.54) is 6.07 Å². The second-order valence-corrected chi connectivity index (χ2v) is 2.98. The lowest BCUT2D eigenvalue weighted by Crippen LogP contribution is -2.00. The Kier molecular flexibility index (Phi) is 8.36. The minimum atomic E-state index is -0.988. The summed E-state index contributed by atoms with van der Waals surface area (Å²) in [7, 11) is 0. The topological polar surface area (TPSA) is 92.8 Å². The summed E-state index contributed by atoms with van der Waals surface area (Å²) in [5, 5.41) is 16.6. The van der Waals surface area contributed by atoms with Crippen molar-refractivity contribution in [1.82, 2.24) is 0 Å². The van der Waals surface area contributed by atoms with Gasteiger partial charge in [-0.05, 0) is 12.1 Å². The molecule has 4 N–H and O–H groups in total. The van der Waals surface area contributed by atoms with Crippen molar-refractivity contribution in [3.05, 3.63) is 42.5 Å². The molecule has 0 fully saturated rings. The lowest BCUT2D eigenvalue weighted by molar-refractivity contribution is 0.0698. The molecule has 5 nitrogen and oxygen atoms in total. The van der Waals surface area contributed by atoms with Crippen LogP contribution >= 0.6 is 0 Å². The van der Waals surface area contributed by atoms with Crippen LogP contribution in [0.2, 0.25) is 0 Å². The van der Waals surface area contributed by atoms with E-state index in [0.29, 0.717) is 18.9 Å². The number of anilines is 1. The van der Waals surface area contributed by atoms with Gasteiger partial charge in [0.15, 0.2) is 0 Å². The lowest BCUT2D eigenvalue weighted by atomic mass is 10.2. The summed E-state index contributed by atoms with van der Waals surface area (Å²) in [6, 6.07) is 6.36. The van der Waals surface area contributed by atoms with E-state index in [2.05, 4.69) is 6.58 Å². The van der Waals surface area contributed by atoms with Gasteiger partial charge in [0.1, 0.15) is 0 Å². The number of carboxylic acid groups (broad SMARTS) is 1. The molecule has 0 aromatic heterocycles. The molecule has 0 spiro atoms. The van der Waals surface area contributed by atoms with Crippen LogP contribution in [0, 0.1) is 0 Å². The number of carboxylic acids is 1. The molecule has 5 heteroatoms. The van der Waals surface area contributed by atoms with Crippen LogP contribution in [0.5, 0.6) is 0 Å². The van der Waals surface area contributed by atoms with Crippen molar-refractivity contribution >= 4 is 11.7 Å². The van der Waals surface area contributed by atoms with Crippen molar-refractivity contribution in [1.29, 1.82) is 0 Å². The van der Waals surface area contributed by atoms with Gasteiger partial charge in [0.05, 0.1) is 25.4 Å². The average molecular weight is 239 g/mol. The highest BCUT2D eigenvalue weighted by Crippen LogP contribution is 2.08. The summed E-state index contributed by atoms with van der Waals surface area (Å²) in [5.41, 5.74) is 5.80. The zero-order valence-electron chi connectivity index (χ0n) is 9.50. The van der Waals surface area contributed by atoms with Gasteiger partial charge in [-0.15, -0.1) is 6.58 Å². The van der Waals surface area contributed by atoms with Crippen LogP contribution in [0.15, 0.2) is 36.9 Å². The summed E-state index contributed by atoms with van der Waals surface area (Å²) < 4.78 is 4.76. The number of aliphatic hydroxyl groups excluding tert-OH is 1. The fourth-order valence-electron chi connectivity index (χ4n) is 0.923. The molecule has 0 unspecified atom stereocenters. The van der Waals surface area contributed by atoms with Crippen LogP contribution in [-0.4, -0.2) is 36.0 Å². The van der Waals surface area contributed by atoms with Gasteiger partial charge in [-0.3, -0.25) is 0 Å². The summed E-state index contributed by atoms with van der Waals surface area (Å²) in [6.07, 6.45) is 1.65. The van der Waals surface area contributed by atoms with Gasteiger partial charge in [0, 0.05) is 5.69 Å². The van der Waals surface area contributed by atoms with Crippen molar-refractivity contribution in [2.45, 2.75) is 0 Å². The van der Waals surface area contributed by atoms with Crippen molar-refractivity contribution in [2.24, 2.45) is 0 Å². The first-order chi connectivity index (χ1) is 8.13. The quantitative estimate of drug-likeness (QED) is 0.407. The lowest BCUT2D eigenvalue weighted by Gasteiger charge is -1.96. The van der Waals surface area contributed by atoms with E-state index < -0.39 is 5.97 Å². The Morgan fingerprint density at radius 1 is 1.47 bits per heavy atom. The molecule has 94 valence electrons. The zero-order chi connectivity index (χ0) is 13.1. The molecule has 0 aliphatic carbocycles. The van der Waals surface area contributed by atoms with Gasteiger partial charge in [0.2, 0.25) is 0 Å². The minimum absolute atomic E-state index is 0.0911. The standard InChI is InChI=1S/C7H7NO2.C5H10O2/c8-6-4-2-1-3-5(6)7(9)10;1-2-4-7-5-3-6/h1-4H,8H2,(H,9,10);2,6H,1,3-5H2. The second kappa shape index (κ2) is 9.38. The summed E-state index contributed by atoms with van der Waals surface area (Å²) in [6.45, 7) is 4.45. The highest BCUT2D eigenvalue weighted by Gasteiger charge is 2.03. The zero-order valence-corrected chi connectivity index (χ0v) is 9.50. The highest BCUT2D eigenvalue weighted by atomic mass is 16.5. The van der Waals surface area contributed by atoms with Gasteiger partial charge in [0.25, 0.3) is 0 Å². The third-order valence-electron chi connectivity index (χ3n) is 1.66. The van der Waals surface area contributed by atoms with Crippen molar-refractivity contribution in [3.63, 3.8) is 0 Å². The number of benzene rings is 1. The molecule has 17 heavy (non-hydrogen) atoms. The number of para-hydroxylation sites is 1. The monoisotopic (exact) mass is 239 g/mol. The fourth-order valence-corrected chi connectivity index (χ4v) is 0.923. The molecule has 0 radical (unpaired) electrons. The molecule has 1 rings (SSSR count).